The summed E-state index contributed by atoms with van der Waals surface area (Å²) in [4.78, 5) is 12.7. The van der Waals surface area contributed by atoms with Gasteiger partial charge in [-0.25, -0.2) is 4.98 Å². The van der Waals surface area contributed by atoms with Crippen LogP contribution in [0.3, 0.4) is 0 Å². The molecule has 39 heavy (non-hydrogen) atoms. The fourth-order valence-electron chi connectivity index (χ4n) is 4.98. The van der Waals surface area contributed by atoms with Gasteiger partial charge in [-0.05, 0) is 57.8 Å². The maximum Gasteiger partial charge on any atom is 0.181 e. The summed E-state index contributed by atoms with van der Waals surface area (Å²) < 4.78 is 0. The van der Waals surface area contributed by atoms with Crippen LogP contribution in [0.4, 0.5) is 5.69 Å². The third-order valence-corrected chi connectivity index (χ3v) is 7.51. The zero-order chi connectivity index (χ0) is 26.2. The summed E-state index contributed by atoms with van der Waals surface area (Å²) >= 11 is 1.70. The molecule has 0 atom stereocenters. The van der Waals surface area contributed by atoms with Gasteiger partial charge in [-0.3, -0.25) is 10.1 Å². The number of nitrogens with zero attached hydrogens (tertiary/aromatic N) is 3. The second-order valence-corrected chi connectivity index (χ2v) is 10.3. The third kappa shape index (κ3) is 4.49. The van der Waals surface area contributed by atoms with Crippen LogP contribution in [0, 0.1) is 0 Å². The highest BCUT2D eigenvalue weighted by Crippen LogP contribution is 2.35. The number of hydrogen-bond donors (Lipinski definition) is 3. The Bertz CT molecular complexity index is 1930. The molecule has 0 saturated carbocycles. The molecule has 0 aliphatic carbocycles. The van der Waals surface area contributed by atoms with Gasteiger partial charge in [0.15, 0.2) is 5.65 Å². The lowest BCUT2D eigenvalue weighted by Gasteiger charge is -2.11. The smallest absolute Gasteiger partial charge is 0.181 e. The van der Waals surface area contributed by atoms with Gasteiger partial charge < -0.3 is 10.3 Å². The van der Waals surface area contributed by atoms with Crippen LogP contribution in [0.15, 0.2) is 114 Å². The molecule has 0 saturated heterocycles. The fraction of sp³-hybridized carbons (Fsp3) is 0.0312. The van der Waals surface area contributed by atoms with Crippen molar-refractivity contribution in [3.63, 3.8) is 0 Å². The van der Waals surface area contributed by atoms with E-state index in [1.807, 2.05) is 36.8 Å². The van der Waals surface area contributed by atoms with Gasteiger partial charge in [0.05, 0.1) is 23.3 Å². The van der Waals surface area contributed by atoms with Crippen molar-refractivity contribution >= 4 is 39.0 Å². The SMILES string of the molecule is C=C(Cc1ccccc1)Nc1cncc(-c2cnc3n[nH]c(-c4cc5c(-c6ccsc6)cccc5[nH]4)c3c2)c1. The minimum absolute atomic E-state index is 0.670. The van der Waals surface area contributed by atoms with Crippen LogP contribution < -0.4 is 5.32 Å². The number of fused-ring (bicyclic) bond motifs is 2. The summed E-state index contributed by atoms with van der Waals surface area (Å²) in [5, 5.41) is 17.5. The molecule has 3 N–H and O–H groups in total. The van der Waals surface area contributed by atoms with E-state index < -0.39 is 0 Å². The van der Waals surface area contributed by atoms with Gasteiger partial charge >= 0.3 is 0 Å². The molecule has 5 aromatic heterocycles. The van der Waals surface area contributed by atoms with E-state index >= 15 is 0 Å². The molecule has 188 valence electrons. The second kappa shape index (κ2) is 9.70. The van der Waals surface area contributed by atoms with Crippen LogP contribution in [-0.4, -0.2) is 25.1 Å². The van der Waals surface area contributed by atoms with E-state index in [0.717, 1.165) is 51.2 Å². The van der Waals surface area contributed by atoms with Gasteiger partial charge in [0.2, 0.25) is 0 Å². The van der Waals surface area contributed by atoms with E-state index in [1.165, 1.54) is 22.1 Å². The fourth-order valence-corrected chi connectivity index (χ4v) is 5.63. The number of nitrogens with one attached hydrogen (secondary N) is 3. The molecule has 0 aliphatic rings. The lowest BCUT2D eigenvalue weighted by Crippen LogP contribution is -2.02. The summed E-state index contributed by atoms with van der Waals surface area (Å²) in [5.41, 5.74) is 11.0. The third-order valence-electron chi connectivity index (χ3n) is 6.83. The van der Waals surface area contributed by atoms with E-state index in [0.29, 0.717) is 5.65 Å². The largest absolute Gasteiger partial charge is 0.358 e. The first-order valence-electron chi connectivity index (χ1n) is 12.6. The molecular weight excluding hydrogens is 500 g/mol. The second-order valence-electron chi connectivity index (χ2n) is 9.51. The number of benzene rings is 2. The van der Waals surface area contributed by atoms with E-state index in [1.54, 1.807) is 11.3 Å². The van der Waals surface area contributed by atoms with Crippen molar-refractivity contribution in [2.75, 3.05) is 5.32 Å². The molecule has 0 amide bonds. The van der Waals surface area contributed by atoms with Gasteiger partial charge in [-0.1, -0.05) is 49.0 Å². The summed E-state index contributed by atoms with van der Waals surface area (Å²) in [6, 6.07) is 25.2. The summed E-state index contributed by atoms with van der Waals surface area (Å²) in [5.74, 6) is 0. The molecule has 7 heteroatoms. The van der Waals surface area contributed by atoms with Gasteiger partial charge in [0, 0.05) is 51.9 Å². The number of pyridine rings is 2. The van der Waals surface area contributed by atoms with Crippen molar-refractivity contribution < 1.29 is 0 Å². The highest BCUT2D eigenvalue weighted by atomic mass is 32.1. The summed E-state index contributed by atoms with van der Waals surface area (Å²) in [6.45, 7) is 4.20. The van der Waals surface area contributed by atoms with Crippen LogP contribution in [0.2, 0.25) is 0 Å². The van der Waals surface area contributed by atoms with Crippen molar-refractivity contribution in [3.05, 3.63) is 120 Å². The van der Waals surface area contributed by atoms with E-state index in [9.17, 15) is 0 Å². The topological polar surface area (TPSA) is 82.3 Å². The molecule has 6 nitrogen and oxygen atoms in total. The van der Waals surface area contributed by atoms with Crippen LogP contribution in [-0.2, 0) is 6.42 Å². The first kappa shape index (κ1) is 23.1. The Labute approximate surface area is 229 Å². The Balaban J connectivity index is 1.21. The van der Waals surface area contributed by atoms with Crippen molar-refractivity contribution in [1.29, 1.82) is 0 Å². The van der Waals surface area contributed by atoms with Crippen LogP contribution in [0.25, 0.3) is 55.6 Å². The standard InChI is InChI=1S/C32H24N6S/c1-20(12-21-6-3-2-4-7-21)35-25-13-23(16-33-18-25)24-14-28-31(37-38-32(28)34-17-24)30-15-27-26(22-10-11-39-19-22)8-5-9-29(27)36-30/h2-11,13-19,35-36H,1,12H2,(H,34,37,38). The van der Waals surface area contributed by atoms with Crippen molar-refractivity contribution in [1.82, 2.24) is 25.1 Å². The number of hydrogen-bond acceptors (Lipinski definition) is 5. The lowest BCUT2D eigenvalue weighted by molar-refractivity contribution is 1.10. The van der Waals surface area contributed by atoms with Crippen molar-refractivity contribution in [2.24, 2.45) is 0 Å². The minimum atomic E-state index is 0.670. The summed E-state index contributed by atoms with van der Waals surface area (Å²) in [7, 11) is 0. The van der Waals surface area contributed by atoms with Crippen LogP contribution >= 0.6 is 11.3 Å². The van der Waals surface area contributed by atoms with Gasteiger partial charge in [-0.15, -0.1) is 0 Å². The van der Waals surface area contributed by atoms with Gasteiger partial charge in [-0.2, -0.15) is 16.4 Å². The molecular formula is C32H24N6S. The highest BCUT2D eigenvalue weighted by molar-refractivity contribution is 7.08. The van der Waals surface area contributed by atoms with E-state index in [-0.39, 0.29) is 0 Å². The van der Waals surface area contributed by atoms with Gasteiger partial charge in [0.1, 0.15) is 0 Å². The maximum atomic E-state index is 4.64. The molecule has 0 aliphatic heterocycles. The Morgan fingerprint density at radius 2 is 1.77 bits per heavy atom. The number of H-pyrrole nitrogens is 2. The first-order valence-corrected chi connectivity index (χ1v) is 13.6. The van der Waals surface area contributed by atoms with Crippen LogP contribution in [0.5, 0.6) is 0 Å². The molecule has 0 fully saturated rings. The molecule has 5 heterocycles. The summed E-state index contributed by atoms with van der Waals surface area (Å²) in [6.07, 6.45) is 6.25. The minimum Gasteiger partial charge on any atom is -0.358 e. The zero-order valence-corrected chi connectivity index (χ0v) is 21.8. The Hall–Kier alpha value is -5.01. The first-order chi connectivity index (χ1) is 19.2. The Morgan fingerprint density at radius 1 is 0.872 bits per heavy atom. The Kier molecular flexibility index (Phi) is 5.75. The molecule has 0 spiro atoms. The number of aromatic amines is 2. The zero-order valence-electron chi connectivity index (χ0n) is 21.0. The molecule has 7 aromatic rings. The number of allylic oxidation sites excluding steroid dienone is 1. The lowest BCUT2D eigenvalue weighted by atomic mass is 10.0. The van der Waals surface area contributed by atoms with Crippen LogP contribution in [0.1, 0.15) is 5.56 Å². The highest BCUT2D eigenvalue weighted by Gasteiger charge is 2.15. The molecule has 0 unspecified atom stereocenters. The number of rotatable bonds is 7. The Morgan fingerprint density at radius 3 is 2.64 bits per heavy atom. The average Bonchev–Trinajstić information content (AvgIpc) is 3.73. The number of aromatic nitrogens is 5. The maximum absolute atomic E-state index is 4.64. The number of thiophene rings is 1. The van der Waals surface area contributed by atoms with Gasteiger partial charge in [0.25, 0.3) is 0 Å². The molecule has 0 bridgehead atoms. The quantitative estimate of drug-likeness (QED) is 0.197. The molecule has 2 aromatic carbocycles. The molecule has 7 rings (SSSR count). The monoisotopic (exact) mass is 524 g/mol. The normalized spacial score (nSPS) is 11.3. The van der Waals surface area contributed by atoms with Crippen molar-refractivity contribution in [2.45, 2.75) is 6.42 Å². The predicted octanol–water partition coefficient (Wildman–Crippen LogP) is 8.07. The molecule has 0 radical (unpaired) electrons. The average molecular weight is 525 g/mol. The van der Waals surface area contributed by atoms with Crippen molar-refractivity contribution in [3.8, 4) is 33.6 Å². The van der Waals surface area contributed by atoms with E-state index in [2.05, 4.69) is 102 Å². The number of anilines is 1. The predicted molar refractivity (Wildman–Crippen MR) is 161 cm³/mol. The van der Waals surface area contributed by atoms with E-state index in [4.69, 9.17) is 0 Å².